The smallest absolute Gasteiger partial charge is 0.325 e. The first-order valence-electron chi connectivity index (χ1n) is 5.84. The van der Waals surface area contributed by atoms with E-state index in [1.165, 1.54) is 0 Å². The maximum absolute atomic E-state index is 11.9. The van der Waals surface area contributed by atoms with Crippen molar-refractivity contribution < 1.29 is 13.7 Å². The Labute approximate surface area is 101 Å². The summed E-state index contributed by atoms with van der Waals surface area (Å²) < 4.78 is 17.7. The molecule has 1 atom stereocenters. The third kappa shape index (κ3) is 3.56. The summed E-state index contributed by atoms with van der Waals surface area (Å²) in [6.07, 6.45) is 1.06. The minimum absolute atomic E-state index is 0.333. The Balaban J connectivity index is 0.00000106. The van der Waals surface area contributed by atoms with Crippen molar-refractivity contribution >= 4 is 17.0 Å². The highest BCUT2D eigenvalue weighted by atomic mass is 32.2. The van der Waals surface area contributed by atoms with E-state index in [2.05, 4.69) is 0 Å². The zero-order valence-corrected chi connectivity index (χ0v) is 11.7. The molecule has 0 radical (unpaired) electrons. The number of carbonyl (C=O) groups is 1. The van der Waals surface area contributed by atoms with Gasteiger partial charge in [0.1, 0.15) is 11.0 Å². The van der Waals surface area contributed by atoms with Crippen LogP contribution in [-0.4, -0.2) is 38.9 Å². The topological polar surface area (TPSA) is 46.6 Å². The van der Waals surface area contributed by atoms with Gasteiger partial charge in [-0.15, -0.1) is 0 Å². The van der Waals surface area contributed by atoms with E-state index >= 15 is 0 Å². The van der Waals surface area contributed by atoms with Crippen LogP contribution < -0.4 is 0 Å². The summed E-state index contributed by atoms with van der Waals surface area (Å²) >= 11 is 0. The molecule has 0 aromatic carbocycles. The Morgan fingerprint density at radius 2 is 1.88 bits per heavy atom. The number of hydrogen-bond acceptors (Lipinski definition) is 3. The van der Waals surface area contributed by atoms with E-state index in [1.54, 1.807) is 25.1 Å². The lowest BCUT2D eigenvalue weighted by Gasteiger charge is -2.35. The molecule has 0 spiro atoms. The van der Waals surface area contributed by atoms with Crippen molar-refractivity contribution in [3.63, 3.8) is 0 Å². The fourth-order valence-corrected chi connectivity index (χ4v) is 2.59. The molecule has 96 valence electrons. The molecule has 1 rings (SSSR count). The van der Waals surface area contributed by atoms with E-state index in [-0.39, 0.29) is 5.97 Å². The normalized spacial score (nSPS) is 17.8. The van der Waals surface area contributed by atoms with Crippen LogP contribution in [0.3, 0.4) is 0 Å². The highest BCUT2D eigenvalue weighted by molar-refractivity contribution is 7.85. The van der Waals surface area contributed by atoms with Gasteiger partial charge in [-0.25, -0.2) is 8.51 Å². The van der Waals surface area contributed by atoms with Crippen molar-refractivity contribution in [1.29, 1.82) is 0 Å². The van der Waals surface area contributed by atoms with E-state index < -0.39 is 15.7 Å². The summed E-state index contributed by atoms with van der Waals surface area (Å²) in [5.41, 5.74) is 0. The molecule has 4 nitrogen and oxygen atoms in total. The summed E-state index contributed by atoms with van der Waals surface area (Å²) in [5.74, 6) is -0.384. The minimum Gasteiger partial charge on any atom is -0.465 e. The maximum atomic E-state index is 11.9. The van der Waals surface area contributed by atoms with Gasteiger partial charge in [0.15, 0.2) is 4.75 Å². The van der Waals surface area contributed by atoms with Crippen molar-refractivity contribution in [2.75, 3.05) is 19.7 Å². The molecular formula is C11H23NO3S. The zero-order chi connectivity index (χ0) is 12.8. The highest BCUT2D eigenvalue weighted by Gasteiger charge is 2.41. The molecule has 1 unspecified atom stereocenters. The Bertz CT molecular complexity index is 250. The van der Waals surface area contributed by atoms with Crippen LogP contribution in [0, 0.1) is 0 Å². The molecule has 0 saturated carbocycles. The van der Waals surface area contributed by atoms with Gasteiger partial charge in [0.25, 0.3) is 0 Å². The fraction of sp³-hybridized carbons (Fsp3) is 0.909. The number of esters is 1. The average Bonchev–Trinajstić information content (AvgIpc) is 2.18. The second-order valence-corrected chi connectivity index (χ2v) is 5.80. The first-order chi connectivity index (χ1) is 7.50. The van der Waals surface area contributed by atoms with Gasteiger partial charge in [0.05, 0.1) is 6.61 Å². The van der Waals surface area contributed by atoms with Crippen molar-refractivity contribution in [2.24, 2.45) is 0 Å². The largest absolute Gasteiger partial charge is 0.465 e. The van der Waals surface area contributed by atoms with Crippen molar-refractivity contribution in [3.8, 4) is 0 Å². The van der Waals surface area contributed by atoms with Crippen LogP contribution in [0.2, 0.25) is 0 Å². The van der Waals surface area contributed by atoms with Crippen molar-refractivity contribution in [3.05, 3.63) is 0 Å². The summed E-state index contributed by atoms with van der Waals surface area (Å²) in [5, 5.41) is 0. The van der Waals surface area contributed by atoms with Crippen LogP contribution in [-0.2, 0) is 20.5 Å². The SMILES string of the molecule is CC.CCOC(=O)C(C)(C)S(=O)N1CCC1. The van der Waals surface area contributed by atoms with Gasteiger partial charge >= 0.3 is 5.97 Å². The van der Waals surface area contributed by atoms with Crippen molar-refractivity contribution in [1.82, 2.24) is 4.31 Å². The quantitative estimate of drug-likeness (QED) is 0.713. The molecule has 1 heterocycles. The average molecular weight is 249 g/mol. The molecule has 0 aromatic heterocycles. The third-order valence-corrected chi connectivity index (χ3v) is 4.13. The molecule has 0 amide bonds. The van der Waals surface area contributed by atoms with Gasteiger partial charge in [-0.3, -0.25) is 4.79 Å². The first kappa shape index (κ1) is 15.6. The standard InChI is InChI=1S/C9H17NO3S.C2H6/c1-4-13-8(11)9(2,3)14(12)10-6-5-7-10;1-2/h4-7H2,1-3H3;1-2H3. The lowest BCUT2D eigenvalue weighted by Crippen LogP contribution is -2.50. The lowest BCUT2D eigenvalue weighted by atomic mass is 10.2. The highest BCUT2D eigenvalue weighted by Crippen LogP contribution is 2.22. The van der Waals surface area contributed by atoms with E-state index in [9.17, 15) is 9.00 Å². The summed E-state index contributed by atoms with van der Waals surface area (Å²) in [6.45, 7) is 11.0. The molecule has 0 aliphatic carbocycles. The molecule has 0 N–H and O–H groups in total. The molecule has 1 aliphatic rings. The number of carbonyl (C=O) groups excluding carboxylic acids is 1. The van der Waals surface area contributed by atoms with E-state index in [0.717, 1.165) is 19.5 Å². The van der Waals surface area contributed by atoms with Crippen LogP contribution in [0.5, 0.6) is 0 Å². The maximum Gasteiger partial charge on any atom is 0.325 e. The third-order valence-electron chi connectivity index (χ3n) is 2.25. The Morgan fingerprint density at radius 3 is 2.19 bits per heavy atom. The van der Waals surface area contributed by atoms with Crippen LogP contribution >= 0.6 is 0 Å². The van der Waals surface area contributed by atoms with Gasteiger partial charge in [0, 0.05) is 13.1 Å². The van der Waals surface area contributed by atoms with Gasteiger partial charge < -0.3 is 4.74 Å². The van der Waals surface area contributed by atoms with Gasteiger partial charge in [-0.05, 0) is 27.2 Å². The molecule has 1 aliphatic heterocycles. The summed E-state index contributed by atoms with van der Waals surface area (Å²) in [4.78, 5) is 11.5. The molecule has 0 aromatic rings. The van der Waals surface area contributed by atoms with Gasteiger partial charge in [-0.2, -0.15) is 0 Å². The molecule has 0 bridgehead atoms. The molecule has 1 fully saturated rings. The minimum atomic E-state index is -1.26. The number of ether oxygens (including phenoxy) is 1. The second-order valence-electron chi connectivity index (χ2n) is 3.76. The van der Waals surface area contributed by atoms with Crippen LogP contribution in [0.1, 0.15) is 41.0 Å². The van der Waals surface area contributed by atoms with E-state index in [4.69, 9.17) is 4.74 Å². The van der Waals surface area contributed by atoms with Gasteiger partial charge in [-0.1, -0.05) is 13.8 Å². The number of hydrogen-bond donors (Lipinski definition) is 0. The van der Waals surface area contributed by atoms with E-state index in [0.29, 0.717) is 6.61 Å². The lowest BCUT2D eigenvalue weighted by molar-refractivity contribution is -0.145. The zero-order valence-electron chi connectivity index (χ0n) is 10.9. The van der Waals surface area contributed by atoms with Crippen molar-refractivity contribution in [2.45, 2.75) is 45.8 Å². The predicted molar refractivity (Wildman–Crippen MR) is 66.4 cm³/mol. The van der Waals surface area contributed by atoms with Gasteiger partial charge in [0.2, 0.25) is 0 Å². The number of rotatable bonds is 4. The molecule has 1 saturated heterocycles. The van der Waals surface area contributed by atoms with Crippen LogP contribution in [0.25, 0.3) is 0 Å². The molecular weight excluding hydrogens is 226 g/mol. The second kappa shape index (κ2) is 7.01. The molecule has 16 heavy (non-hydrogen) atoms. The van der Waals surface area contributed by atoms with E-state index in [1.807, 2.05) is 13.8 Å². The Kier molecular flexibility index (Phi) is 6.83. The van der Waals surface area contributed by atoms with Crippen LogP contribution in [0.4, 0.5) is 0 Å². The summed E-state index contributed by atoms with van der Waals surface area (Å²) in [6, 6.07) is 0. The Hall–Kier alpha value is -0.420. The monoisotopic (exact) mass is 249 g/mol. The first-order valence-corrected chi connectivity index (χ1v) is 6.95. The van der Waals surface area contributed by atoms with Crippen LogP contribution in [0.15, 0.2) is 0 Å². The fourth-order valence-electron chi connectivity index (χ4n) is 1.15. The predicted octanol–water partition coefficient (Wildman–Crippen LogP) is 1.72. The molecule has 5 heteroatoms. The summed E-state index contributed by atoms with van der Waals surface area (Å²) in [7, 11) is -1.26. The number of nitrogens with zero attached hydrogens (tertiary/aromatic N) is 1. The Morgan fingerprint density at radius 1 is 1.38 bits per heavy atom.